The van der Waals surface area contributed by atoms with E-state index in [-0.39, 0.29) is 11.3 Å². The largest absolute Gasteiger partial charge is 0.506 e. The zero-order valence-electron chi connectivity index (χ0n) is 8.90. The molecular weight excluding hydrogens is 208 g/mol. The summed E-state index contributed by atoms with van der Waals surface area (Å²) in [6.45, 7) is 3.64. The molecule has 0 unspecified atom stereocenters. The molecule has 2 rings (SSSR count). The van der Waals surface area contributed by atoms with Crippen LogP contribution in [-0.2, 0) is 0 Å². The molecule has 0 saturated carbocycles. The van der Waals surface area contributed by atoms with Crippen molar-refractivity contribution < 1.29 is 14.3 Å². The SMILES string of the molecule is Cc1cc(C)c2c(O)c(C=O)c(=O)oc2c1. The van der Waals surface area contributed by atoms with E-state index in [0.717, 1.165) is 11.1 Å². The zero-order chi connectivity index (χ0) is 11.9. The van der Waals surface area contributed by atoms with Crippen molar-refractivity contribution >= 4 is 17.3 Å². The number of aryl methyl sites for hydroxylation is 2. The number of fused-ring (bicyclic) bond motifs is 1. The van der Waals surface area contributed by atoms with E-state index in [9.17, 15) is 14.7 Å². The maximum atomic E-state index is 11.3. The summed E-state index contributed by atoms with van der Waals surface area (Å²) in [5.74, 6) is -0.307. The lowest BCUT2D eigenvalue weighted by atomic mass is 10.0. The van der Waals surface area contributed by atoms with Crippen LogP contribution in [0.15, 0.2) is 21.3 Å². The molecule has 0 aliphatic rings. The standard InChI is InChI=1S/C12H10O4/c1-6-3-7(2)10-9(4-6)16-12(15)8(5-13)11(10)14/h3-5,14H,1-2H3. The second kappa shape index (κ2) is 3.48. The molecule has 0 amide bonds. The van der Waals surface area contributed by atoms with Gasteiger partial charge >= 0.3 is 5.63 Å². The molecule has 0 fully saturated rings. The highest BCUT2D eigenvalue weighted by Gasteiger charge is 2.14. The van der Waals surface area contributed by atoms with Crippen LogP contribution in [0.2, 0.25) is 0 Å². The number of rotatable bonds is 1. The Labute approximate surface area is 91.1 Å². The van der Waals surface area contributed by atoms with Gasteiger partial charge in [-0.2, -0.15) is 0 Å². The average molecular weight is 218 g/mol. The van der Waals surface area contributed by atoms with E-state index in [1.165, 1.54) is 0 Å². The molecule has 2 aromatic rings. The molecule has 16 heavy (non-hydrogen) atoms. The number of hydrogen-bond acceptors (Lipinski definition) is 4. The molecule has 0 saturated heterocycles. The number of carbonyl (C=O) groups is 1. The van der Waals surface area contributed by atoms with Crippen molar-refractivity contribution in [2.24, 2.45) is 0 Å². The fourth-order valence-electron chi connectivity index (χ4n) is 1.80. The fraction of sp³-hybridized carbons (Fsp3) is 0.167. The molecule has 0 aliphatic carbocycles. The predicted octanol–water partition coefficient (Wildman–Crippen LogP) is 1.93. The third kappa shape index (κ3) is 1.39. The predicted molar refractivity (Wildman–Crippen MR) is 59.0 cm³/mol. The van der Waals surface area contributed by atoms with Crippen molar-refractivity contribution in [3.05, 3.63) is 39.2 Å². The van der Waals surface area contributed by atoms with E-state index >= 15 is 0 Å². The molecule has 1 heterocycles. The van der Waals surface area contributed by atoms with E-state index in [2.05, 4.69) is 0 Å². The normalized spacial score (nSPS) is 10.6. The summed E-state index contributed by atoms with van der Waals surface area (Å²) in [7, 11) is 0. The molecule has 1 aromatic carbocycles. The Hall–Kier alpha value is -2.10. The summed E-state index contributed by atoms with van der Waals surface area (Å²) in [5.41, 5.74) is 0.834. The summed E-state index contributed by atoms with van der Waals surface area (Å²) in [4.78, 5) is 22.0. The van der Waals surface area contributed by atoms with E-state index in [0.29, 0.717) is 17.3 Å². The van der Waals surface area contributed by atoms with Crippen LogP contribution in [0.4, 0.5) is 0 Å². The van der Waals surface area contributed by atoms with Crippen LogP contribution in [0.1, 0.15) is 21.5 Å². The first-order valence-electron chi connectivity index (χ1n) is 4.77. The van der Waals surface area contributed by atoms with Gasteiger partial charge in [-0.05, 0) is 31.0 Å². The Kier molecular flexibility index (Phi) is 2.27. The molecule has 0 bridgehead atoms. The van der Waals surface area contributed by atoms with E-state index in [1.807, 2.05) is 13.0 Å². The molecular formula is C12H10O4. The Morgan fingerprint density at radius 2 is 2.00 bits per heavy atom. The second-order valence-corrected chi connectivity index (χ2v) is 3.72. The van der Waals surface area contributed by atoms with Crippen molar-refractivity contribution in [2.75, 3.05) is 0 Å². The van der Waals surface area contributed by atoms with Gasteiger partial charge in [0.05, 0.1) is 5.39 Å². The monoisotopic (exact) mass is 218 g/mol. The van der Waals surface area contributed by atoms with Gasteiger partial charge in [0.25, 0.3) is 0 Å². The van der Waals surface area contributed by atoms with Gasteiger partial charge in [0.2, 0.25) is 0 Å². The molecule has 0 atom stereocenters. The molecule has 1 aromatic heterocycles. The van der Waals surface area contributed by atoms with Gasteiger partial charge in [-0.25, -0.2) is 4.79 Å². The lowest BCUT2D eigenvalue weighted by molar-refractivity contribution is 0.111. The molecule has 1 N–H and O–H groups in total. The topological polar surface area (TPSA) is 67.5 Å². The highest BCUT2D eigenvalue weighted by atomic mass is 16.4. The number of benzene rings is 1. The Morgan fingerprint density at radius 3 is 2.62 bits per heavy atom. The van der Waals surface area contributed by atoms with Crippen molar-refractivity contribution in [3.63, 3.8) is 0 Å². The first kappa shape index (κ1) is 10.4. The maximum absolute atomic E-state index is 11.3. The van der Waals surface area contributed by atoms with Crippen molar-refractivity contribution in [3.8, 4) is 5.75 Å². The minimum Gasteiger partial charge on any atom is -0.506 e. The summed E-state index contributed by atoms with van der Waals surface area (Å²) in [6.07, 6.45) is 0.305. The summed E-state index contributed by atoms with van der Waals surface area (Å²) in [6, 6.07) is 3.49. The molecule has 0 radical (unpaired) electrons. The van der Waals surface area contributed by atoms with Crippen LogP contribution in [0, 0.1) is 13.8 Å². The second-order valence-electron chi connectivity index (χ2n) is 3.72. The summed E-state index contributed by atoms with van der Waals surface area (Å²) >= 11 is 0. The average Bonchev–Trinajstić information content (AvgIpc) is 2.15. The fourth-order valence-corrected chi connectivity index (χ4v) is 1.80. The van der Waals surface area contributed by atoms with Crippen LogP contribution in [-0.4, -0.2) is 11.4 Å². The minimum atomic E-state index is -0.815. The van der Waals surface area contributed by atoms with Gasteiger partial charge in [0.1, 0.15) is 16.9 Å². The molecule has 82 valence electrons. The van der Waals surface area contributed by atoms with Gasteiger partial charge in [-0.15, -0.1) is 0 Å². The first-order chi connectivity index (χ1) is 7.54. The summed E-state index contributed by atoms with van der Waals surface area (Å²) in [5, 5.41) is 10.2. The van der Waals surface area contributed by atoms with Crippen LogP contribution in [0.25, 0.3) is 11.0 Å². The first-order valence-corrected chi connectivity index (χ1v) is 4.77. The van der Waals surface area contributed by atoms with Gasteiger partial charge < -0.3 is 9.52 Å². The van der Waals surface area contributed by atoms with E-state index < -0.39 is 5.63 Å². The Balaban J connectivity index is 3.05. The van der Waals surface area contributed by atoms with Gasteiger partial charge in [0.15, 0.2) is 6.29 Å². The van der Waals surface area contributed by atoms with Crippen LogP contribution >= 0.6 is 0 Å². The number of hydrogen-bond donors (Lipinski definition) is 1. The third-order valence-corrected chi connectivity index (χ3v) is 2.48. The smallest absolute Gasteiger partial charge is 0.350 e. The minimum absolute atomic E-state index is 0.297. The zero-order valence-corrected chi connectivity index (χ0v) is 8.90. The van der Waals surface area contributed by atoms with Gasteiger partial charge in [-0.1, -0.05) is 6.07 Å². The number of carbonyl (C=O) groups excluding carboxylic acids is 1. The lowest BCUT2D eigenvalue weighted by Crippen LogP contribution is -2.07. The number of aromatic hydroxyl groups is 1. The third-order valence-electron chi connectivity index (χ3n) is 2.48. The Bertz CT molecular complexity index is 637. The molecule has 0 spiro atoms. The van der Waals surface area contributed by atoms with Crippen molar-refractivity contribution in [1.82, 2.24) is 0 Å². The van der Waals surface area contributed by atoms with E-state index in [4.69, 9.17) is 4.42 Å². The quantitative estimate of drug-likeness (QED) is 0.586. The van der Waals surface area contributed by atoms with Gasteiger partial charge in [-0.3, -0.25) is 4.79 Å². The summed E-state index contributed by atoms with van der Waals surface area (Å²) < 4.78 is 4.98. The van der Waals surface area contributed by atoms with Crippen LogP contribution in [0.5, 0.6) is 5.75 Å². The van der Waals surface area contributed by atoms with Gasteiger partial charge in [0, 0.05) is 0 Å². The van der Waals surface area contributed by atoms with E-state index in [1.54, 1.807) is 13.0 Å². The number of aldehydes is 1. The highest BCUT2D eigenvalue weighted by molar-refractivity contribution is 5.94. The highest BCUT2D eigenvalue weighted by Crippen LogP contribution is 2.29. The molecule has 4 heteroatoms. The maximum Gasteiger partial charge on any atom is 0.350 e. The van der Waals surface area contributed by atoms with Crippen LogP contribution in [0.3, 0.4) is 0 Å². The lowest BCUT2D eigenvalue weighted by Gasteiger charge is -2.06. The Morgan fingerprint density at radius 1 is 1.31 bits per heavy atom. The van der Waals surface area contributed by atoms with Crippen molar-refractivity contribution in [2.45, 2.75) is 13.8 Å². The van der Waals surface area contributed by atoms with Crippen molar-refractivity contribution in [1.29, 1.82) is 0 Å². The van der Waals surface area contributed by atoms with Crippen LogP contribution < -0.4 is 5.63 Å². The molecule has 4 nitrogen and oxygen atoms in total. The molecule has 0 aliphatic heterocycles.